The fraction of sp³-hybridized carbons (Fsp3) is 1.00. The molecule has 0 spiro atoms. The van der Waals surface area contributed by atoms with Crippen molar-refractivity contribution in [2.75, 3.05) is 33.2 Å². The number of nitrogens with zero attached hydrogens (tertiary/aromatic N) is 1. The summed E-state index contributed by atoms with van der Waals surface area (Å²) in [5.41, 5.74) is 7.14. The van der Waals surface area contributed by atoms with Gasteiger partial charge in [-0.25, -0.2) is 10.9 Å². The van der Waals surface area contributed by atoms with Gasteiger partial charge in [-0.15, -0.1) is 5.12 Å². The topological polar surface area (TPSA) is 75.4 Å². The molecule has 28 heavy (non-hydrogen) atoms. The van der Waals surface area contributed by atoms with Crippen LogP contribution in [0.1, 0.15) is 81.1 Å². The van der Waals surface area contributed by atoms with Crippen molar-refractivity contribution in [3.05, 3.63) is 0 Å². The quantitative estimate of drug-likeness (QED) is 0.119. The Balaban J connectivity index is 6.27. The summed E-state index contributed by atoms with van der Waals surface area (Å²) >= 11 is 0. The molecule has 0 rings (SSSR count). The first kappa shape index (κ1) is 27.7. The third-order valence-electron chi connectivity index (χ3n) is 5.12. The molecular weight excluding hydrogens is 350 g/mol. The van der Waals surface area contributed by atoms with E-state index < -0.39 is 5.79 Å². The molecule has 0 saturated carbocycles. The standard InChI is InChI=1S/C21H51N7/c1-10-14-16-25-28(27-19(7)12-3)21(24-15-11-2,26-18(5)6)20(8,17-22-9)23-13-4/h18-19,22-27H,10-17H2,1-9H3. The first-order valence-electron chi connectivity index (χ1n) is 11.5. The molecule has 3 atom stereocenters. The Morgan fingerprint density at radius 3 is 2.07 bits per heavy atom. The van der Waals surface area contributed by atoms with Crippen LogP contribution in [-0.2, 0) is 0 Å². The highest BCUT2D eigenvalue weighted by atomic mass is 15.8. The highest BCUT2D eigenvalue weighted by Crippen LogP contribution is 2.24. The predicted molar refractivity (Wildman–Crippen MR) is 123 cm³/mol. The van der Waals surface area contributed by atoms with E-state index in [-0.39, 0.29) is 5.54 Å². The lowest BCUT2D eigenvalue weighted by molar-refractivity contribution is -0.127. The molecule has 6 N–H and O–H groups in total. The SMILES string of the molecule is CCCCNN(NC(C)CC)C(NCCC)(NC(C)C)C(C)(CNC)NCC. The van der Waals surface area contributed by atoms with E-state index >= 15 is 0 Å². The van der Waals surface area contributed by atoms with Gasteiger partial charge in [-0.05, 0) is 67.1 Å². The Labute approximate surface area is 175 Å². The molecule has 0 aromatic heterocycles. The van der Waals surface area contributed by atoms with E-state index in [0.717, 1.165) is 51.9 Å². The van der Waals surface area contributed by atoms with Crippen molar-refractivity contribution >= 4 is 0 Å². The second-order valence-electron chi connectivity index (χ2n) is 8.36. The maximum atomic E-state index is 3.88. The van der Waals surface area contributed by atoms with Gasteiger partial charge in [0.15, 0.2) is 5.79 Å². The number of likely N-dealkylation sites (N-methyl/N-ethyl adjacent to an activating group) is 2. The minimum atomic E-state index is -0.534. The molecule has 3 unspecified atom stereocenters. The van der Waals surface area contributed by atoms with Gasteiger partial charge in [-0.3, -0.25) is 10.6 Å². The van der Waals surface area contributed by atoms with E-state index in [2.05, 4.69) is 92.6 Å². The third kappa shape index (κ3) is 8.22. The second kappa shape index (κ2) is 14.7. The fourth-order valence-corrected chi connectivity index (χ4v) is 3.52. The van der Waals surface area contributed by atoms with Gasteiger partial charge in [0.25, 0.3) is 0 Å². The van der Waals surface area contributed by atoms with Gasteiger partial charge in [-0.1, -0.05) is 34.1 Å². The summed E-state index contributed by atoms with van der Waals surface area (Å²) in [6.07, 6.45) is 4.42. The summed E-state index contributed by atoms with van der Waals surface area (Å²) in [6.45, 7) is 21.3. The molecule has 0 aliphatic carbocycles. The lowest BCUT2D eigenvalue weighted by atomic mass is 9.90. The van der Waals surface area contributed by atoms with Crippen molar-refractivity contribution < 1.29 is 0 Å². The molecule has 0 radical (unpaired) electrons. The van der Waals surface area contributed by atoms with Gasteiger partial charge in [-0.2, -0.15) is 0 Å². The molecule has 0 aliphatic rings. The van der Waals surface area contributed by atoms with E-state index in [1.807, 2.05) is 7.05 Å². The average Bonchev–Trinajstić information content (AvgIpc) is 2.64. The van der Waals surface area contributed by atoms with E-state index in [0.29, 0.717) is 12.1 Å². The largest absolute Gasteiger partial charge is 0.318 e. The number of hydrogen-bond donors (Lipinski definition) is 6. The number of unbranched alkanes of at least 4 members (excludes halogenated alkanes) is 1. The molecule has 0 bridgehead atoms. The Morgan fingerprint density at radius 2 is 1.61 bits per heavy atom. The zero-order chi connectivity index (χ0) is 21.6. The van der Waals surface area contributed by atoms with Crippen molar-refractivity contribution in [3.8, 4) is 0 Å². The van der Waals surface area contributed by atoms with Crippen LogP contribution in [0.15, 0.2) is 0 Å². The first-order chi connectivity index (χ1) is 13.3. The molecule has 0 amide bonds. The summed E-state index contributed by atoms with van der Waals surface area (Å²) < 4.78 is 0. The van der Waals surface area contributed by atoms with Gasteiger partial charge in [0.1, 0.15) is 0 Å². The average molecular weight is 402 g/mol. The van der Waals surface area contributed by atoms with Crippen molar-refractivity contribution in [2.24, 2.45) is 0 Å². The Morgan fingerprint density at radius 1 is 0.929 bits per heavy atom. The number of hydrazine groups is 2. The minimum absolute atomic E-state index is 0.282. The minimum Gasteiger partial charge on any atom is -0.318 e. The maximum Gasteiger partial charge on any atom is 0.172 e. The highest BCUT2D eigenvalue weighted by Gasteiger charge is 2.52. The van der Waals surface area contributed by atoms with E-state index in [1.165, 1.54) is 0 Å². The molecule has 7 heteroatoms. The number of hydrogen-bond acceptors (Lipinski definition) is 7. The fourth-order valence-electron chi connectivity index (χ4n) is 3.52. The van der Waals surface area contributed by atoms with Gasteiger partial charge >= 0.3 is 0 Å². The van der Waals surface area contributed by atoms with Crippen molar-refractivity contribution in [3.63, 3.8) is 0 Å². The highest BCUT2D eigenvalue weighted by molar-refractivity contribution is 5.07. The third-order valence-corrected chi connectivity index (χ3v) is 5.12. The smallest absolute Gasteiger partial charge is 0.172 e. The number of nitrogens with one attached hydrogen (secondary N) is 6. The summed E-state index contributed by atoms with van der Waals surface area (Å²) in [6, 6.07) is 0.653. The van der Waals surface area contributed by atoms with Gasteiger partial charge < -0.3 is 10.6 Å². The van der Waals surface area contributed by atoms with Crippen LogP contribution in [0.25, 0.3) is 0 Å². The monoisotopic (exact) mass is 401 g/mol. The predicted octanol–water partition coefficient (Wildman–Crippen LogP) is 2.14. The zero-order valence-corrected chi connectivity index (χ0v) is 20.3. The van der Waals surface area contributed by atoms with Gasteiger partial charge in [0.05, 0.1) is 5.54 Å². The molecule has 0 aromatic carbocycles. The van der Waals surface area contributed by atoms with Crippen molar-refractivity contribution in [1.29, 1.82) is 0 Å². The molecule has 7 nitrogen and oxygen atoms in total. The van der Waals surface area contributed by atoms with E-state index in [4.69, 9.17) is 0 Å². The lowest BCUT2D eigenvalue weighted by Crippen LogP contribution is -2.88. The van der Waals surface area contributed by atoms with Crippen LogP contribution in [0, 0.1) is 0 Å². The summed E-state index contributed by atoms with van der Waals surface area (Å²) in [5, 5.41) is 17.1. The van der Waals surface area contributed by atoms with Gasteiger partial charge in [0.2, 0.25) is 0 Å². The molecule has 0 heterocycles. The molecule has 0 aromatic rings. The molecule has 0 aliphatic heterocycles. The second-order valence-corrected chi connectivity index (χ2v) is 8.36. The van der Waals surface area contributed by atoms with E-state index in [1.54, 1.807) is 0 Å². The molecule has 0 fully saturated rings. The van der Waals surface area contributed by atoms with Crippen LogP contribution in [0.3, 0.4) is 0 Å². The zero-order valence-electron chi connectivity index (χ0n) is 20.3. The Bertz CT molecular complexity index is 372. The van der Waals surface area contributed by atoms with Crippen LogP contribution in [-0.4, -0.2) is 61.8 Å². The lowest BCUT2D eigenvalue weighted by Gasteiger charge is -2.56. The van der Waals surface area contributed by atoms with Crippen LogP contribution in [0.5, 0.6) is 0 Å². The summed E-state index contributed by atoms with van der Waals surface area (Å²) in [7, 11) is 2.02. The number of rotatable bonds is 18. The normalized spacial score (nSPS) is 17.7. The molecule has 0 saturated heterocycles. The molecule has 170 valence electrons. The Kier molecular flexibility index (Phi) is 14.5. The van der Waals surface area contributed by atoms with Gasteiger partial charge in [0, 0.05) is 25.2 Å². The van der Waals surface area contributed by atoms with Crippen LogP contribution in [0.2, 0.25) is 0 Å². The Hall–Kier alpha value is -0.280. The van der Waals surface area contributed by atoms with Crippen molar-refractivity contribution in [2.45, 2.75) is 104 Å². The first-order valence-corrected chi connectivity index (χ1v) is 11.5. The maximum absolute atomic E-state index is 3.88. The molecular formula is C21H51N7. The van der Waals surface area contributed by atoms with Crippen LogP contribution >= 0.6 is 0 Å². The summed E-state index contributed by atoms with van der Waals surface area (Å²) in [4.78, 5) is 0. The van der Waals surface area contributed by atoms with Crippen LogP contribution < -0.4 is 32.1 Å². The summed E-state index contributed by atoms with van der Waals surface area (Å²) in [5.74, 6) is -0.534. The van der Waals surface area contributed by atoms with Crippen molar-refractivity contribution in [1.82, 2.24) is 37.2 Å². The van der Waals surface area contributed by atoms with E-state index in [9.17, 15) is 0 Å². The van der Waals surface area contributed by atoms with Crippen LogP contribution in [0.4, 0.5) is 0 Å².